The van der Waals surface area contributed by atoms with Gasteiger partial charge in [0.2, 0.25) is 0 Å². The first-order valence-corrected chi connectivity index (χ1v) is 10.9. The van der Waals surface area contributed by atoms with E-state index in [9.17, 15) is 4.79 Å². The Bertz CT molecular complexity index is 782. The van der Waals surface area contributed by atoms with Crippen LogP contribution in [-0.4, -0.2) is 19.1 Å². The monoisotopic (exact) mass is 401 g/mol. The van der Waals surface area contributed by atoms with Crippen molar-refractivity contribution in [2.45, 2.75) is 38.2 Å². The van der Waals surface area contributed by atoms with Crippen molar-refractivity contribution in [3.63, 3.8) is 0 Å². The molecule has 0 saturated heterocycles. The zero-order chi connectivity index (χ0) is 21.1. The van der Waals surface area contributed by atoms with Crippen molar-refractivity contribution in [3.05, 3.63) is 108 Å². The molecule has 3 nitrogen and oxygen atoms in total. The zero-order valence-corrected chi connectivity index (χ0v) is 17.7. The Morgan fingerprint density at radius 2 is 1.20 bits per heavy atom. The van der Waals surface area contributed by atoms with Gasteiger partial charge in [-0.3, -0.25) is 4.79 Å². The van der Waals surface area contributed by atoms with Crippen LogP contribution in [-0.2, 0) is 15.1 Å². The lowest BCUT2D eigenvalue weighted by atomic mass is 9.80. The van der Waals surface area contributed by atoms with Crippen LogP contribution < -0.4 is 5.32 Å². The molecular weight excluding hydrogens is 370 g/mol. The van der Waals surface area contributed by atoms with E-state index < -0.39 is 5.60 Å². The molecule has 3 heteroatoms. The van der Waals surface area contributed by atoms with Crippen LogP contribution in [0.3, 0.4) is 0 Å². The van der Waals surface area contributed by atoms with E-state index in [0.29, 0.717) is 0 Å². The fourth-order valence-corrected chi connectivity index (χ4v) is 3.77. The highest BCUT2D eigenvalue weighted by Gasteiger charge is 2.40. The molecule has 0 fully saturated rings. The van der Waals surface area contributed by atoms with E-state index in [-0.39, 0.29) is 12.5 Å². The molecule has 0 radical (unpaired) electrons. The van der Waals surface area contributed by atoms with Crippen LogP contribution in [0.25, 0.3) is 0 Å². The number of hydrogen-bond donors (Lipinski definition) is 1. The molecule has 1 N–H and O–H groups in total. The van der Waals surface area contributed by atoms with Crippen LogP contribution in [0.2, 0.25) is 0 Å². The number of rotatable bonds is 11. The number of benzene rings is 3. The first-order valence-electron chi connectivity index (χ1n) is 10.9. The van der Waals surface area contributed by atoms with Gasteiger partial charge in [-0.2, -0.15) is 0 Å². The van der Waals surface area contributed by atoms with Gasteiger partial charge in [0.25, 0.3) is 0 Å². The Morgan fingerprint density at radius 3 is 1.63 bits per heavy atom. The van der Waals surface area contributed by atoms with Crippen LogP contribution in [0, 0.1) is 0 Å². The summed E-state index contributed by atoms with van der Waals surface area (Å²) in [5.41, 5.74) is 1.79. The summed E-state index contributed by atoms with van der Waals surface area (Å²) in [7, 11) is 0. The van der Waals surface area contributed by atoms with Gasteiger partial charge in [-0.1, -0.05) is 117 Å². The number of unbranched alkanes of at least 4 members (excludes halogenated alkanes) is 3. The van der Waals surface area contributed by atoms with Crippen molar-refractivity contribution < 1.29 is 9.53 Å². The Hall–Kier alpha value is -2.91. The second-order valence-electron chi connectivity index (χ2n) is 7.49. The molecule has 0 aliphatic carbocycles. The predicted octanol–water partition coefficient (Wildman–Crippen LogP) is 5.69. The highest BCUT2D eigenvalue weighted by Crippen LogP contribution is 2.40. The summed E-state index contributed by atoms with van der Waals surface area (Å²) in [6, 6.07) is 29.9. The number of carbonyl (C=O) groups is 1. The number of carbonyl (C=O) groups excluding carboxylic acids is 1. The normalized spacial score (nSPS) is 11.2. The lowest BCUT2D eigenvalue weighted by molar-refractivity contribution is -0.152. The molecule has 0 aliphatic heterocycles. The summed E-state index contributed by atoms with van der Waals surface area (Å²) in [4.78, 5) is 13.0. The van der Waals surface area contributed by atoms with Gasteiger partial charge in [0.15, 0.2) is 5.60 Å². The van der Waals surface area contributed by atoms with Gasteiger partial charge in [0, 0.05) is 16.7 Å². The summed E-state index contributed by atoms with van der Waals surface area (Å²) in [6.45, 7) is 3.21. The second-order valence-corrected chi connectivity index (χ2v) is 7.49. The SMILES string of the molecule is CCCCCCNCC(=O)OC(c1ccccc1)(c1ccccc1)c1ccccc1. The lowest BCUT2D eigenvalue weighted by Gasteiger charge is -2.35. The van der Waals surface area contributed by atoms with Crippen molar-refractivity contribution in [1.82, 2.24) is 5.32 Å². The highest BCUT2D eigenvalue weighted by atomic mass is 16.6. The highest BCUT2D eigenvalue weighted by molar-refractivity contribution is 5.74. The van der Waals surface area contributed by atoms with Crippen molar-refractivity contribution in [2.24, 2.45) is 0 Å². The van der Waals surface area contributed by atoms with E-state index in [2.05, 4.69) is 12.2 Å². The van der Waals surface area contributed by atoms with Gasteiger partial charge >= 0.3 is 5.97 Å². The average molecular weight is 402 g/mol. The van der Waals surface area contributed by atoms with Gasteiger partial charge in [-0.25, -0.2) is 0 Å². The average Bonchev–Trinajstić information content (AvgIpc) is 2.81. The van der Waals surface area contributed by atoms with Gasteiger partial charge in [0.1, 0.15) is 0 Å². The van der Waals surface area contributed by atoms with E-state index in [1.54, 1.807) is 0 Å². The van der Waals surface area contributed by atoms with E-state index >= 15 is 0 Å². The van der Waals surface area contributed by atoms with E-state index in [1.165, 1.54) is 19.3 Å². The van der Waals surface area contributed by atoms with Crippen LogP contribution >= 0.6 is 0 Å². The van der Waals surface area contributed by atoms with Crippen LogP contribution in [0.5, 0.6) is 0 Å². The Morgan fingerprint density at radius 1 is 0.733 bits per heavy atom. The quantitative estimate of drug-likeness (QED) is 0.255. The molecule has 3 aromatic rings. The third-order valence-corrected chi connectivity index (χ3v) is 5.28. The Labute approximate surface area is 180 Å². The molecule has 156 valence electrons. The van der Waals surface area contributed by atoms with E-state index in [1.807, 2.05) is 91.0 Å². The molecule has 3 aromatic carbocycles. The van der Waals surface area contributed by atoms with Crippen LogP contribution in [0.15, 0.2) is 91.0 Å². The third-order valence-electron chi connectivity index (χ3n) is 5.28. The summed E-state index contributed by atoms with van der Waals surface area (Å²) in [5.74, 6) is -0.262. The minimum Gasteiger partial charge on any atom is -0.443 e. The first-order chi connectivity index (χ1) is 14.8. The van der Waals surface area contributed by atoms with Crippen molar-refractivity contribution in [2.75, 3.05) is 13.1 Å². The summed E-state index contributed by atoms with van der Waals surface area (Å²) >= 11 is 0. The maximum absolute atomic E-state index is 13.0. The van der Waals surface area contributed by atoms with Crippen LogP contribution in [0.1, 0.15) is 49.3 Å². The van der Waals surface area contributed by atoms with Crippen molar-refractivity contribution >= 4 is 5.97 Å². The summed E-state index contributed by atoms with van der Waals surface area (Å²) < 4.78 is 6.32. The number of esters is 1. The molecule has 0 saturated carbocycles. The standard InChI is InChI=1S/C27H31NO2/c1-2-3-4-14-21-28-22-26(29)30-27(23-15-8-5-9-16-23,24-17-10-6-11-18-24)25-19-12-7-13-20-25/h5-13,15-20,28H,2-4,14,21-22H2,1H3. The van der Waals surface area contributed by atoms with Gasteiger partial charge < -0.3 is 10.1 Å². The minimum absolute atomic E-state index is 0.195. The predicted molar refractivity (Wildman–Crippen MR) is 122 cm³/mol. The molecule has 0 atom stereocenters. The second kappa shape index (κ2) is 11.3. The molecule has 3 rings (SSSR count). The van der Waals surface area contributed by atoms with Crippen LogP contribution in [0.4, 0.5) is 0 Å². The molecule has 0 unspecified atom stereocenters. The Kier molecular flexibility index (Phi) is 8.22. The fourth-order valence-electron chi connectivity index (χ4n) is 3.77. The third kappa shape index (κ3) is 5.37. The molecule has 0 aromatic heterocycles. The first kappa shape index (κ1) is 21.8. The molecule has 0 spiro atoms. The molecular formula is C27H31NO2. The molecule has 0 bridgehead atoms. The molecule has 0 heterocycles. The minimum atomic E-state index is -0.995. The van der Waals surface area contributed by atoms with Gasteiger partial charge in [-0.05, 0) is 13.0 Å². The fraction of sp³-hybridized carbons (Fsp3) is 0.296. The summed E-state index contributed by atoms with van der Waals surface area (Å²) in [5, 5.41) is 3.25. The maximum Gasteiger partial charge on any atom is 0.321 e. The molecule has 0 amide bonds. The summed E-state index contributed by atoms with van der Waals surface area (Å²) in [6.07, 6.45) is 4.68. The van der Waals surface area contributed by atoms with Gasteiger partial charge in [0.05, 0.1) is 6.54 Å². The molecule has 0 aliphatic rings. The largest absolute Gasteiger partial charge is 0.443 e. The van der Waals surface area contributed by atoms with E-state index in [4.69, 9.17) is 4.74 Å². The number of ether oxygens (including phenoxy) is 1. The smallest absolute Gasteiger partial charge is 0.321 e. The van der Waals surface area contributed by atoms with Crippen molar-refractivity contribution in [3.8, 4) is 0 Å². The van der Waals surface area contributed by atoms with E-state index in [0.717, 1.165) is 29.7 Å². The topological polar surface area (TPSA) is 38.3 Å². The zero-order valence-electron chi connectivity index (χ0n) is 17.7. The molecule has 30 heavy (non-hydrogen) atoms. The maximum atomic E-state index is 13.0. The number of nitrogens with one attached hydrogen (secondary N) is 1. The van der Waals surface area contributed by atoms with Crippen molar-refractivity contribution in [1.29, 1.82) is 0 Å². The lowest BCUT2D eigenvalue weighted by Crippen LogP contribution is -2.38. The number of hydrogen-bond acceptors (Lipinski definition) is 3. The van der Waals surface area contributed by atoms with Gasteiger partial charge in [-0.15, -0.1) is 0 Å². The Balaban J connectivity index is 1.91.